The zero-order valence-corrected chi connectivity index (χ0v) is 19.0. The van der Waals surface area contributed by atoms with Crippen LogP contribution in [0, 0.1) is 19.8 Å². The van der Waals surface area contributed by atoms with Crippen LogP contribution in [0.2, 0.25) is 0 Å². The molecule has 8 heteroatoms. The summed E-state index contributed by atoms with van der Waals surface area (Å²) in [7, 11) is 1.90. The molecule has 1 saturated carbocycles. The molecule has 5 rings (SSSR count). The fourth-order valence-electron chi connectivity index (χ4n) is 5.08. The predicted molar refractivity (Wildman–Crippen MR) is 127 cm³/mol. The second-order valence-corrected chi connectivity index (χ2v) is 8.90. The first kappa shape index (κ1) is 20.5. The van der Waals surface area contributed by atoms with Crippen molar-refractivity contribution in [1.29, 1.82) is 0 Å². The first-order chi connectivity index (χ1) is 15.4. The fraction of sp³-hybridized carbons (Fsp3) is 0.417. The number of hydrogen-bond donors (Lipinski definition) is 2. The Kier molecular flexibility index (Phi) is 5.07. The van der Waals surface area contributed by atoms with Crippen molar-refractivity contribution in [2.45, 2.75) is 52.4 Å². The number of benzene rings is 1. The van der Waals surface area contributed by atoms with Crippen molar-refractivity contribution < 1.29 is 0 Å². The molecule has 1 aliphatic rings. The summed E-state index contributed by atoms with van der Waals surface area (Å²) in [6, 6.07) is 8.21. The Hall–Kier alpha value is -3.42. The van der Waals surface area contributed by atoms with E-state index in [-0.39, 0.29) is 0 Å². The normalized spacial score (nSPS) is 14.6. The van der Waals surface area contributed by atoms with Gasteiger partial charge in [0, 0.05) is 23.7 Å². The standard InChI is InChI=1S/C24H30N8/c1-14-20(15(2)31(3)29-14)21-22(25)27-24(28-23(21)26)32-19-11-7-6-10-17(19)18(30-32)13-12-16-8-4-5-9-16/h6-7,10-11,16H,4-5,8-9,12-13H2,1-3H3,(H4,25,26,27,28). The minimum atomic E-state index is 0.332. The number of rotatable bonds is 5. The van der Waals surface area contributed by atoms with E-state index in [1.807, 2.05) is 43.8 Å². The number of fused-ring (bicyclic) bond motifs is 1. The molecular weight excluding hydrogens is 400 g/mol. The topological polar surface area (TPSA) is 113 Å². The Morgan fingerprint density at radius 1 is 0.969 bits per heavy atom. The summed E-state index contributed by atoms with van der Waals surface area (Å²) in [6.07, 6.45) is 7.51. The van der Waals surface area contributed by atoms with Crippen molar-refractivity contribution in [2.24, 2.45) is 13.0 Å². The number of hydrogen-bond acceptors (Lipinski definition) is 6. The van der Waals surface area contributed by atoms with Gasteiger partial charge in [0.05, 0.1) is 22.5 Å². The number of aryl methyl sites for hydroxylation is 3. The summed E-state index contributed by atoms with van der Waals surface area (Å²) in [6.45, 7) is 3.92. The number of para-hydroxylation sites is 1. The van der Waals surface area contributed by atoms with Crippen LogP contribution in [0.4, 0.5) is 11.6 Å². The first-order valence-corrected chi connectivity index (χ1v) is 11.3. The van der Waals surface area contributed by atoms with Crippen LogP contribution < -0.4 is 11.5 Å². The molecule has 1 aliphatic carbocycles. The number of aromatic nitrogens is 6. The van der Waals surface area contributed by atoms with Gasteiger partial charge in [-0.3, -0.25) is 4.68 Å². The second kappa shape index (κ2) is 7.93. The average molecular weight is 431 g/mol. The third-order valence-corrected chi connectivity index (χ3v) is 6.83. The first-order valence-electron chi connectivity index (χ1n) is 11.3. The molecule has 3 heterocycles. The van der Waals surface area contributed by atoms with Gasteiger partial charge in [0.2, 0.25) is 0 Å². The van der Waals surface area contributed by atoms with Gasteiger partial charge in [0.15, 0.2) is 0 Å². The van der Waals surface area contributed by atoms with Crippen LogP contribution in [0.1, 0.15) is 49.2 Å². The number of nitrogens with zero attached hydrogens (tertiary/aromatic N) is 6. The van der Waals surface area contributed by atoms with E-state index in [0.717, 1.165) is 45.9 Å². The van der Waals surface area contributed by atoms with Crippen molar-refractivity contribution in [3.05, 3.63) is 41.3 Å². The molecule has 166 valence electrons. The number of nitrogens with two attached hydrogens (primary N) is 2. The van der Waals surface area contributed by atoms with Crippen LogP contribution in [0.15, 0.2) is 24.3 Å². The highest BCUT2D eigenvalue weighted by molar-refractivity contribution is 5.86. The van der Waals surface area contributed by atoms with Crippen molar-refractivity contribution in [1.82, 2.24) is 29.5 Å². The van der Waals surface area contributed by atoms with E-state index in [4.69, 9.17) is 16.6 Å². The van der Waals surface area contributed by atoms with E-state index in [1.54, 1.807) is 4.68 Å². The van der Waals surface area contributed by atoms with Crippen molar-refractivity contribution in [3.8, 4) is 17.1 Å². The summed E-state index contributed by atoms with van der Waals surface area (Å²) < 4.78 is 3.59. The van der Waals surface area contributed by atoms with Gasteiger partial charge in [0.25, 0.3) is 5.95 Å². The lowest BCUT2D eigenvalue weighted by Crippen LogP contribution is -2.10. The van der Waals surface area contributed by atoms with E-state index in [1.165, 1.54) is 32.1 Å². The number of anilines is 2. The largest absolute Gasteiger partial charge is 0.383 e. The molecule has 4 N–H and O–H groups in total. The van der Waals surface area contributed by atoms with E-state index >= 15 is 0 Å². The quantitative estimate of drug-likeness (QED) is 0.492. The van der Waals surface area contributed by atoms with Gasteiger partial charge in [-0.2, -0.15) is 24.8 Å². The molecule has 0 atom stereocenters. The molecule has 0 saturated heterocycles. The van der Waals surface area contributed by atoms with Crippen LogP contribution in [0.3, 0.4) is 0 Å². The molecule has 0 aliphatic heterocycles. The van der Waals surface area contributed by atoms with E-state index < -0.39 is 0 Å². The van der Waals surface area contributed by atoms with Gasteiger partial charge in [-0.05, 0) is 38.7 Å². The molecule has 0 unspecified atom stereocenters. The highest BCUT2D eigenvalue weighted by Crippen LogP contribution is 2.35. The third kappa shape index (κ3) is 3.39. The van der Waals surface area contributed by atoms with Gasteiger partial charge in [0.1, 0.15) is 11.6 Å². The number of nitrogen functional groups attached to an aromatic ring is 2. The van der Waals surface area contributed by atoms with Gasteiger partial charge in [-0.1, -0.05) is 43.9 Å². The summed E-state index contributed by atoms with van der Waals surface area (Å²) in [5, 5.41) is 10.5. The van der Waals surface area contributed by atoms with Gasteiger partial charge in [-0.15, -0.1) is 0 Å². The molecule has 32 heavy (non-hydrogen) atoms. The zero-order chi connectivity index (χ0) is 22.4. The summed E-state index contributed by atoms with van der Waals surface area (Å²) >= 11 is 0. The van der Waals surface area contributed by atoms with E-state index in [2.05, 4.69) is 21.1 Å². The van der Waals surface area contributed by atoms with Crippen LogP contribution in [0.5, 0.6) is 0 Å². The van der Waals surface area contributed by atoms with Gasteiger partial charge in [-0.25, -0.2) is 0 Å². The van der Waals surface area contributed by atoms with Crippen LogP contribution in [-0.2, 0) is 13.5 Å². The van der Waals surface area contributed by atoms with E-state index in [0.29, 0.717) is 23.1 Å². The lowest BCUT2D eigenvalue weighted by molar-refractivity contribution is 0.500. The molecule has 0 spiro atoms. The average Bonchev–Trinajstić information content (AvgIpc) is 3.47. The Morgan fingerprint density at radius 3 is 2.31 bits per heavy atom. The molecule has 4 aromatic rings. The minimum Gasteiger partial charge on any atom is -0.383 e. The Labute approximate surface area is 187 Å². The van der Waals surface area contributed by atoms with E-state index in [9.17, 15) is 0 Å². The zero-order valence-electron chi connectivity index (χ0n) is 19.0. The molecular formula is C24H30N8. The summed E-state index contributed by atoms with van der Waals surface area (Å²) in [4.78, 5) is 9.25. The molecule has 0 amide bonds. The van der Waals surface area contributed by atoms with Crippen molar-refractivity contribution in [2.75, 3.05) is 11.5 Å². The van der Waals surface area contributed by atoms with Crippen molar-refractivity contribution in [3.63, 3.8) is 0 Å². The summed E-state index contributed by atoms with van der Waals surface area (Å²) in [5.74, 6) is 1.87. The molecule has 1 aromatic carbocycles. The Morgan fingerprint density at radius 2 is 1.66 bits per heavy atom. The lowest BCUT2D eigenvalue weighted by Gasteiger charge is -2.11. The SMILES string of the molecule is Cc1nn(C)c(C)c1-c1c(N)nc(-n2nc(CCC3CCCC3)c3ccccc32)nc1N. The molecule has 3 aromatic heterocycles. The smallest absolute Gasteiger partial charge is 0.255 e. The maximum atomic E-state index is 6.42. The molecule has 0 radical (unpaired) electrons. The van der Waals surface area contributed by atoms with Crippen LogP contribution >= 0.6 is 0 Å². The minimum absolute atomic E-state index is 0.332. The third-order valence-electron chi connectivity index (χ3n) is 6.83. The summed E-state index contributed by atoms with van der Waals surface area (Å²) in [5.41, 5.74) is 18.2. The predicted octanol–water partition coefficient (Wildman–Crippen LogP) is 4.12. The fourth-order valence-corrected chi connectivity index (χ4v) is 5.08. The molecule has 0 bridgehead atoms. The highest BCUT2D eigenvalue weighted by atomic mass is 15.4. The maximum Gasteiger partial charge on any atom is 0.255 e. The lowest BCUT2D eigenvalue weighted by atomic mass is 9.99. The van der Waals surface area contributed by atoms with Gasteiger partial charge >= 0.3 is 0 Å². The molecule has 1 fully saturated rings. The monoisotopic (exact) mass is 430 g/mol. The maximum absolute atomic E-state index is 6.42. The Balaban J connectivity index is 1.57. The van der Waals surface area contributed by atoms with Crippen LogP contribution in [0.25, 0.3) is 28.0 Å². The van der Waals surface area contributed by atoms with Gasteiger partial charge < -0.3 is 11.5 Å². The van der Waals surface area contributed by atoms with Crippen molar-refractivity contribution >= 4 is 22.5 Å². The highest BCUT2D eigenvalue weighted by Gasteiger charge is 2.22. The van der Waals surface area contributed by atoms with Crippen LogP contribution in [-0.4, -0.2) is 29.5 Å². The second-order valence-electron chi connectivity index (χ2n) is 8.90. The Bertz CT molecular complexity index is 1270. The molecule has 8 nitrogen and oxygen atoms in total.